The first kappa shape index (κ1) is 16.4. The summed E-state index contributed by atoms with van der Waals surface area (Å²) in [6.45, 7) is 3.54. The summed E-state index contributed by atoms with van der Waals surface area (Å²) in [4.78, 5) is 12.3. The molecule has 1 aliphatic heterocycles. The van der Waals surface area contributed by atoms with Gasteiger partial charge in [-0.3, -0.25) is 4.79 Å². The van der Waals surface area contributed by atoms with Crippen LogP contribution in [0.1, 0.15) is 6.92 Å². The quantitative estimate of drug-likeness (QED) is 0.880. The Hall–Kier alpha value is -2.47. The molecule has 1 amide bonds. The van der Waals surface area contributed by atoms with Crippen LogP contribution in [0.4, 0.5) is 14.5 Å². The standard InChI is InChI=1S/C18H18F2N2O2/c1-11(12-9-21-10-12)18(23)22-16-4-2-3-5-17(16)24-15-7-13(19)6-14(20)8-15/h2-8,11-12,21H,9-10H2,1H3,(H,22,23). The molecular weight excluding hydrogens is 314 g/mol. The van der Waals surface area contributed by atoms with Crippen LogP contribution in [0, 0.1) is 23.5 Å². The van der Waals surface area contributed by atoms with Gasteiger partial charge in [-0.1, -0.05) is 19.1 Å². The Morgan fingerprint density at radius 1 is 1.21 bits per heavy atom. The lowest BCUT2D eigenvalue weighted by molar-refractivity contribution is -0.121. The normalized spacial score (nSPS) is 15.5. The summed E-state index contributed by atoms with van der Waals surface area (Å²) < 4.78 is 32.1. The number of nitrogens with one attached hydrogen (secondary N) is 2. The number of para-hydroxylation sites is 2. The van der Waals surface area contributed by atoms with E-state index in [1.165, 1.54) is 0 Å². The van der Waals surface area contributed by atoms with E-state index in [9.17, 15) is 13.6 Å². The smallest absolute Gasteiger partial charge is 0.227 e. The Bertz CT molecular complexity index is 727. The second-order valence-electron chi connectivity index (χ2n) is 5.90. The summed E-state index contributed by atoms with van der Waals surface area (Å²) in [5.74, 6) is -1.01. The van der Waals surface area contributed by atoms with Gasteiger partial charge in [0.2, 0.25) is 5.91 Å². The fraction of sp³-hybridized carbons (Fsp3) is 0.278. The number of halogens is 2. The zero-order valence-corrected chi connectivity index (χ0v) is 13.2. The van der Waals surface area contributed by atoms with Crippen molar-refractivity contribution < 1.29 is 18.3 Å². The molecule has 1 saturated heterocycles. The molecule has 0 spiro atoms. The highest BCUT2D eigenvalue weighted by atomic mass is 19.1. The number of hydrogen-bond donors (Lipinski definition) is 2. The van der Waals surface area contributed by atoms with Gasteiger partial charge in [0.25, 0.3) is 0 Å². The number of rotatable bonds is 5. The average molecular weight is 332 g/mol. The van der Waals surface area contributed by atoms with Gasteiger partial charge in [-0.15, -0.1) is 0 Å². The lowest BCUT2D eigenvalue weighted by Gasteiger charge is -2.31. The van der Waals surface area contributed by atoms with Crippen molar-refractivity contribution in [3.63, 3.8) is 0 Å². The zero-order valence-electron chi connectivity index (χ0n) is 13.2. The van der Waals surface area contributed by atoms with E-state index in [4.69, 9.17) is 4.74 Å². The number of hydrogen-bond acceptors (Lipinski definition) is 3. The molecule has 126 valence electrons. The van der Waals surface area contributed by atoms with E-state index in [1.807, 2.05) is 6.92 Å². The maximum atomic E-state index is 13.3. The molecule has 0 aromatic heterocycles. The van der Waals surface area contributed by atoms with Crippen LogP contribution in [-0.2, 0) is 4.79 Å². The number of carbonyl (C=O) groups excluding carboxylic acids is 1. The lowest BCUT2D eigenvalue weighted by Crippen LogP contribution is -2.48. The molecule has 3 rings (SSSR count). The highest BCUT2D eigenvalue weighted by molar-refractivity contribution is 5.94. The number of carbonyl (C=O) groups is 1. The van der Waals surface area contributed by atoms with Crippen LogP contribution in [0.15, 0.2) is 42.5 Å². The van der Waals surface area contributed by atoms with Gasteiger partial charge in [0.1, 0.15) is 17.4 Å². The largest absolute Gasteiger partial charge is 0.455 e. The van der Waals surface area contributed by atoms with Crippen LogP contribution in [0.5, 0.6) is 11.5 Å². The average Bonchev–Trinajstić information content (AvgIpc) is 2.46. The molecule has 2 aromatic rings. The Labute approximate surface area is 138 Å². The first-order chi connectivity index (χ1) is 11.5. The minimum absolute atomic E-state index is 0.0328. The van der Waals surface area contributed by atoms with Gasteiger partial charge in [0.15, 0.2) is 5.75 Å². The summed E-state index contributed by atoms with van der Waals surface area (Å²) in [5, 5.41) is 5.97. The van der Waals surface area contributed by atoms with Crippen LogP contribution < -0.4 is 15.4 Å². The molecule has 6 heteroatoms. The summed E-state index contributed by atoms with van der Waals surface area (Å²) in [5.41, 5.74) is 0.464. The first-order valence-electron chi connectivity index (χ1n) is 7.77. The topological polar surface area (TPSA) is 50.4 Å². The number of ether oxygens (including phenoxy) is 1. The van der Waals surface area contributed by atoms with Crippen molar-refractivity contribution in [2.24, 2.45) is 11.8 Å². The fourth-order valence-electron chi connectivity index (χ4n) is 2.50. The van der Waals surface area contributed by atoms with Gasteiger partial charge < -0.3 is 15.4 Å². The molecule has 0 bridgehead atoms. The molecule has 0 saturated carbocycles. The Morgan fingerprint density at radius 2 is 1.88 bits per heavy atom. The second kappa shape index (κ2) is 6.97. The van der Waals surface area contributed by atoms with E-state index in [2.05, 4.69) is 10.6 Å². The maximum Gasteiger partial charge on any atom is 0.227 e. The summed E-state index contributed by atoms with van der Waals surface area (Å²) >= 11 is 0. The number of anilines is 1. The van der Waals surface area contributed by atoms with Crippen molar-refractivity contribution >= 4 is 11.6 Å². The molecule has 1 unspecified atom stereocenters. The van der Waals surface area contributed by atoms with E-state index in [-0.39, 0.29) is 17.6 Å². The van der Waals surface area contributed by atoms with E-state index < -0.39 is 11.6 Å². The predicted molar refractivity (Wildman–Crippen MR) is 87.0 cm³/mol. The van der Waals surface area contributed by atoms with Gasteiger partial charge in [0, 0.05) is 24.1 Å². The Balaban J connectivity index is 1.76. The van der Waals surface area contributed by atoms with Crippen LogP contribution in [0.25, 0.3) is 0 Å². The molecule has 24 heavy (non-hydrogen) atoms. The molecule has 0 radical (unpaired) electrons. The van der Waals surface area contributed by atoms with E-state index in [1.54, 1.807) is 24.3 Å². The molecule has 0 aliphatic carbocycles. The molecule has 2 aromatic carbocycles. The summed E-state index contributed by atoms with van der Waals surface area (Å²) in [6, 6.07) is 9.75. The van der Waals surface area contributed by atoms with Crippen LogP contribution in [0.2, 0.25) is 0 Å². The minimum atomic E-state index is -0.724. The SMILES string of the molecule is CC(C(=O)Nc1ccccc1Oc1cc(F)cc(F)c1)C1CNC1. The van der Waals surface area contributed by atoms with E-state index in [0.717, 1.165) is 31.3 Å². The van der Waals surface area contributed by atoms with Crippen LogP contribution in [0.3, 0.4) is 0 Å². The molecule has 4 nitrogen and oxygen atoms in total. The van der Waals surface area contributed by atoms with Crippen molar-refractivity contribution in [1.29, 1.82) is 0 Å². The molecule has 1 fully saturated rings. The van der Waals surface area contributed by atoms with Gasteiger partial charge in [-0.05, 0) is 31.1 Å². The Kier molecular flexibility index (Phi) is 4.76. The lowest BCUT2D eigenvalue weighted by atomic mass is 9.88. The van der Waals surface area contributed by atoms with E-state index >= 15 is 0 Å². The third-order valence-corrected chi connectivity index (χ3v) is 4.14. The van der Waals surface area contributed by atoms with Gasteiger partial charge in [-0.25, -0.2) is 8.78 Å². The van der Waals surface area contributed by atoms with Gasteiger partial charge in [0.05, 0.1) is 5.69 Å². The Morgan fingerprint density at radius 3 is 2.50 bits per heavy atom. The number of amides is 1. The number of benzene rings is 2. The second-order valence-corrected chi connectivity index (χ2v) is 5.90. The fourth-order valence-corrected chi connectivity index (χ4v) is 2.50. The van der Waals surface area contributed by atoms with Gasteiger partial charge in [-0.2, -0.15) is 0 Å². The van der Waals surface area contributed by atoms with Gasteiger partial charge >= 0.3 is 0 Å². The summed E-state index contributed by atoms with van der Waals surface area (Å²) in [6.07, 6.45) is 0. The summed E-state index contributed by atoms with van der Waals surface area (Å²) in [7, 11) is 0. The van der Waals surface area contributed by atoms with Crippen molar-refractivity contribution in [2.75, 3.05) is 18.4 Å². The van der Waals surface area contributed by atoms with Crippen molar-refractivity contribution in [1.82, 2.24) is 5.32 Å². The third kappa shape index (κ3) is 3.71. The maximum absolute atomic E-state index is 13.3. The van der Waals surface area contributed by atoms with Crippen LogP contribution in [-0.4, -0.2) is 19.0 Å². The first-order valence-corrected chi connectivity index (χ1v) is 7.77. The monoisotopic (exact) mass is 332 g/mol. The van der Waals surface area contributed by atoms with E-state index in [0.29, 0.717) is 17.4 Å². The molecule has 1 atom stereocenters. The molecular formula is C18H18F2N2O2. The van der Waals surface area contributed by atoms with Crippen molar-refractivity contribution in [3.8, 4) is 11.5 Å². The van der Waals surface area contributed by atoms with Crippen molar-refractivity contribution in [3.05, 3.63) is 54.1 Å². The molecule has 2 N–H and O–H groups in total. The molecule has 1 aliphatic rings. The highest BCUT2D eigenvalue weighted by Crippen LogP contribution is 2.31. The molecule has 1 heterocycles. The minimum Gasteiger partial charge on any atom is -0.455 e. The van der Waals surface area contributed by atoms with Crippen molar-refractivity contribution in [2.45, 2.75) is 6.92 Å². The highest BCUT2D eigenvalue weighted by Gasteiger charge is 2.29. The zero-order chi connectivity index (χ0) is 17.1. The van der Waals surface area contributed by atoms with Crippen LogP contribution >= 0.6 is 0 Å². The predicted octanol–water partition coefficient (Wildman–Crippen LogP) is 3.55. The third-order valence-electron chi connectivity index (χ3n) is 4.14.